The van der Waals surface area contributed by atoms with Crippen molar-refractivity contribution in [2.45, 2.75) is 30.9 Å². The second kappa shape index (κ2) is 3.75. The number of carbonyl (C=O) groups is 1. The minimum Gasteiger partial charge on any atom is -0.481 e. The van der Waals surface area contributed by atoms with Crippen molar-refractivity contribution in [3.8, 4) is 0 Å². The lowest BCUT2D eigenvalue weighted by Crippen LogP contribution is -2.42. The summed E-state index contributed by atoms with van der Waals surface area (Å²) in [6.07, 6.45) is -2.59. The highest BCUT2D eigenvalue weighted by molar-refractivity contribution is 5.82. The third-order valence-electron chi connectivity index (χ3n) is 3.38. The van der Waals surface area contributed by atoms with Crippen LogP contribution in [0.15, 0.2) is 24.3 Å². The second-order valence-electron chi connectivity index (χ2n) is 4.32. The van der Waals surface area contributed by atoms with E-state index in [1.54, 1.807) is 0 Å². The largest absolute Gasteiger partial charge is 0.481 e. The molecule has 1 N–H and O–H groups in total. The average Bonchev–Trinajstić information content (AvgIpc) is 2.14. The van der Waals surface area contributed by atoms with E-state index < -0.39 is 23.1 Å². The summed E-state index contributed by atoms with van der Waals surface area (Å²) in [5, 5.41) is 9.14. The molecule has 92 valence electrons. The maximum absolute atomic E-state index is 12.4. The molecule has 0 saturated heterocycles. The maximum Gasteiger partial charge on any atom is 0.416 e. The van der Waals surface area contributed by atoms with Gasteiger partial charge in [0.15, 0.2) is 0 Å². The van der Waals surface area contributed by atoms with Gasteiger partial charge >= 0.3 is 12.1 Å². The summed E-state index contributed by atoms with van der Waals surface area (Å²) in [7, 11) is 0. The Morgan fingerprint density at radius 2 is 1.71 bits per heavy atom. The molecule has 0 aliphatic heterocycles. The molecule has 1 aromatic carbocycles. The zero-order valence-corrected chi connectivity index (χ0v) is 8.92. The Balaban J connectivity index is 2.32. The van der Waals surface area contributed by atoms with Crippen molar-refractivity contribution >= 4 is 5.97 Å². The number of halogens is 3. The maximum atomic E-state index is 12.4. The smallest absolute Gasteiger partial charge is 0.416 e. The van der Waals surface area contributed by atoms with Crippen molar-refractivity contribution in [1.29, 1.82) is 0 Å². The minimum atomic E-state index is -4.38. The van der Waals surface area contributed by atoms with E-state index in [1.165, 1.54) is 12.1 Å². The predicted octanol–water partition coefficient (Wildman–Crippen LogP) is 3.21. The number of rotatable bonds is 2. The molecule has 0 aromatic heterocycles. The molecule has 17 heavy (non-hydrogen) atoms. The van der Waals surface area contributed by atoms with Gasteiger partial charge in [-0.1, -0.05) is 18.6 Å². The molecule has 1 aliphatic carbocycles. The van der Waals surface area contributed by atoms with Gasteiger partial charge in [0, 0.05) is 0 Å². The van der Waals surface area contributed by atoms with E-state index in [0.717, 1.165) is 18.6 Å². The summed E-state index contributed by atoms with van der Waals surface area (Å²) in [6, 6.07) is 4.43. The standard InChI is InChI=1S/C12H11F3O2/c13-12(14,15)9-4-2-8(3-5-9)11(10(16)17)6-1-7-11/h2-5H,1,6-7H2,(H,16,17). The fourth-order valence-electron chi connectivity index (χ4n) is 2.13. The van der Waals surface area contributed by atoms with Gasteiger partial charge in [0.2, 0.25) is 0 Å². The van der Waals surface area contributed by atoms with Gasteiger partial charge in [-0.05, 0) is 30.5 Å². The lowest BCUT2D eigenvalue weighted by molar-refractivity contribution is -0.147. The summed E-state index contributed by atoms with van der Waals surface area (Å²) in [5.74, 6) is -0.955. The normalized spacial score (nSPS) is 18.5. The molecule has 0 spiro atoms. The molecule has 0 unspecified atom stereocenters. The van der Waals surface area contributed by atoms with Gasteiger partial charge in [-0.15, -0.1) is 0 Å². The summed E-state index contributed by atoms with van der Waals surface area (Å²) in [5.41, 5.74) is -1.25. The summed E-state index contributed by atoms with van der Waals surface area (Å²) in [4.78, 5) is 11.2. The number of hydrogen-bond acceptors (Lipinski definition) is 1. The molecular formula is C12H11F3O2. The Kier molecular flexibility index (Phi) is 2.64. The van der Waals surface area contributed by atoms with Crippen molar-refractivity contribution in [3.05, 3.63) is 35.4 Å². The van der Waals surface area contributed by atoms with Crippen LogP contribution in [-0.2, 0) is 16.4 Å². The predicted molar refractivity (Wildman–Crippen MR) is 54.6 cm³/mol. The molecule has 0 radical (unpaired) electrons. The zero-order chi connectivity index (χ0) is 12.7. The van der Waals surface area contributed by atoms with Crippen LogP contribution in [0, 0.1) is 0 Å². The van der Waals surface area contributed by atoms with Gasteiger partial charge in [0.1, 0.15) is 0 Å². The number of hydrogen-bond donors (Lipinski definition) is 1. The van der Waals surface area contributed by atoms with Gasteiger partial charge in [-0.2, -0.15) is 13.2 Å². The van der Waals surface area contributed by atoms with Crippen LogP contribution in [0.1, 0.15) is 30.4 Å². The Morgan fingerprint density at radius 1 is 1.18 bits per heavy atom. The van der Waals surface area contributed by atoms with Crippen molar-refractivity contribution < 1.29 is 23.1 Å². The van der Waals surface area contributed by atoms with Gasteiger partial charge in [-0.3, -0.25) is 4.79 Å². The van der Waals surface area contributed by atoms with Crippen LogP contribution in [0.2, 0.25) is 0 Å². The second-order valence-corrected chi connectivity index (χ2v) is 4.32. The summed E-state index contributed by atoms with van der Waals surface area (Å²) >= 11 is 0. The highest BCUT2D eigenvalue weighted by Gasteiger charge is 2.46. The molecule has 2 nitrogen and oxygen atoms in total. The first-order valence-electron chi connectivity index (χ1n) is 5.27. The molecule has 0 bridgehead atoms. The summed E-state index contributed by atoms with van der Waals surface area (Å²) in [6.45, 7) is 0. The fourth-order valence-corrected chi connectivity index (χ4v) is 2.13. The first-order chi connectivity index (χ1) is 7.86. The number of aliphatic carboxylic acids is 1. The van der Waals surface area contributed by atoms with Gasteiger partial charge in [0.25, 0.3) is 0 Å². The molecule has 1 fully saturated rings. The van der Waals surface area contributed by atoms with E-state index in [9.17, 15) is 18.0 Å². The van der Waals surface area contributed by atoms with E-state index in [0.29, 0.717) is 18.4 Å². The first-order valence-corrected chi connectivity index (χ1v) is 5.27. The Bertz CT molecular complexity index is 430. The van der Waals surface area contributed by atoms with Crippen molar-refractivity contribution in [1.82, 2.24) is 0 Å². The number of carboxylic acid groups (broad SMARTS) is 1. The monoisotopic (exact) mass is 244 g/mol. The fraction of sp³-hybridized carbons (Fsp3) is 0.417. The van der Waals surface area contributed by atoms with Gasteiger partial charge in [-0.25, -0.2) is 0 Å². The van der Waals surface area contributed by atoms with Crippen molar-refractivity contribution in [2.75, 3.05) is 0 Å². The SMILES string of the molecule is O=C(O)C1(c2ccc(C(F)(F)F)cc2)CCC1. The summed E-state index contributed by atoms with van der Waals surface area (Å²) < 4.78 is 37.1. The van der Waals surface area contributed by atoms with E-state index >= 15 is 0 Å². The van der Waals surface area contributed by atoms with Crippen LogP contribution >= 0.6 is 0 Å². The van der Waals surface area contributed by atoms with Crippen molar-refractivity contribution in [3.63, 3.8) is 0 Å². The van der Waals surface area contributed by atoms with E-state index in [4.69, 9.17) is 5.11 Å². The zero-order valence-electron chi connectivity index (χ0n) is 8.92. The van der Waals surface area contributed by atoms with Crippen LogP contribution in [-0.4, -0.2) is 11.1 Å². The minimum absolute atomic E-state index is 0.462. The Morgan fingerprint density at radius 3 is 2.00 bits per heavy atom. The quantitative estimate of drug-likeness (QED) is 0.867. The van der Waals surface area contributed by atoms with Gasteiger partial charge < -0.3 is 5.11 Å². The van der Waals surface area contributed by atoms with Crippen molar-refractivity contribution in [2.24, 2.45) is 0 Å². The molecule has 0 amide bonds. The third-order valence-corrected chi connectivity index (χ3v) is 3.38. The number of alkyl halides is 3. The molecule has 1 saturated carbocycles. The molecule has 5 heteroatoms. The Labute approximate surface area is 96.1 Å². The van der Waals surface area contributed by atoms with E-state index in [2.05, 4.69) is 0 Å². The molecule has 1 aromatic rings. The van der Waals surface area contributed by atoms with Crippen LogP contribution in [0.4, 0.5) is 13.2 Å². The molecular weight excluding hydrogens is 233 g/mol. The lowest BCUT2D eigenvalue weighted by Gasteiger charge is -2.38. The third kappa shape index (κ3) is 1.90. The van der Waals surface area contributed by atoms with Crippen LogP contribution in [0.5, 0.6) is 0 Å². The Hall–Kier alpha value is -1.52. The highest BCUT2D eigenvalue weighted by atomic mass is 19.4. The molecule has 1 aliphatic rings. The first kappa shape index (κ1) is 12.0. The topological polar surface area (TPSA) is 37.3 Å². The van der Waals surface area contributed by atoms with E-state index in [1.807, 2.05) is 0 Å². The number of benzene rings is 1. The van der Waals surface area contributed by atoms with E-state index in [-0.39, 0.29) is 0 Å². The number of carboxylic acids is 1. The average molecular weight is 244 g/mol. The molecule has 2 rings (SSSR count). The van der Waals surface area contributed by atoms with Crippen LogP contribution < -0.4 is 0 Å². The highest BCUT2D eigenvalue weighted by Crippen LogP contribution is 2.44. The van der Waals surface area contributed by atoms with Crippen LogP contribution in [0.25, 0.3) is 0 Å². The lowest BCUT2D eigenvalue weighted by atomic mass is 9.64. The molecule has 0 atom stereocenters. The molecule has 0 heterocycles. The van der Waals surface area contributed by atoms with Gasteiger partial charge in [0.05, 0.1) is 11.0 Å². The van der Waals surface area contributed by atoms with Crippen LogP contribution in [0.3, 0.4) is 0 Å².